The molecule has 28 heavy (non-hydrogen) atoms. The van der Waals surface area contributed by atoms with E-state index in [9.17, 15) is 4.79 Å². The highest BCUT2D eigenvalue weighted by Gasteiger charge is 2.69. The average molecular weight is 575 g/mol. The molecule has 2 saturated heterocycles. The van der Waals surface area contributed by atoms with Crippen LogP contribution in [0.15, 0.2) is 33.9 Å². The lowest BCUT2D eigenvalue weighted by Gasteiger charge is -2.59. The Morgan fingerprint density at radius 1 is 1.39 bits per heavy atom. The lowest BCUT2D eigenvalue weighted by Crippen LogP contribution is -2.66. The summed E-state index contributed by atoms with van der Waals surface area (Å²) in [5.41, 5.74) is 4.12. The van der Waals surface area contributed by atoms with Crippen LogP contribution in [0.4, 0.5) is 5.69 Å². The van der Waals surface area contributed by atoms with Gasteiger partial charge in [0.15, 0.2) is 0 Å². The van der Waals surface area contributed by atoms with E-state index in [0.717, 1.165) is 53.8 Å². The Kier molecular flexibility index (Phi) is 4.59. The van der Waals surface area contributed by atoms with Gasteiger partial charge in [-0.1, -0.05) is 54.7 Å². The molecule has 0 saturated carbocycles. The summed E-state index contributed by atoms with van der Waals surface area (Å²) >= 11 is 11.7. The van der Waals surface area contributed by atoms with Gasteiger partial charge in [-0.05, 0) is 49.6 Å². The molecule has 3 heterocycles. The van der Waals surface area contributed by atoms with Gasteiger partial charge in [-0.15, -0.1) is 0 Å². The number of fused-ring (bicyclic) bond motifs is 1. The number of nitrogens with one attached hydrogen (secondary N) is 1. The summed E-state index contributed by atoms with van der Waals surface area (Å²) in [6.45, 7) is 4.33. The van der Waals surface area contributed by atoms with E-state index in [0.29, 0.717) is 15.7 Å². The van der Waals surface area contributed by atoms with Crippen molar-refractivity contribution in [3.8, 4) is 0 Å². The summed E-state index contributed by atoms with van der Waals surface area (Å²) < 4.78 is 6.35. The first kappa shape index (κ1) is 19.6. The van der Waals surface area contributed by atoms with Gasteiger partial charge in [-0.3, -0.25) is 4.90 Å². The highest BCUT2D eigenvalue weighted by molar-refractivity contribution is 9.12. The molecular formula is C21H23Br3N2O2. The number of hydrogen-bond donors (Lipinski definition) is 1. The van der Waals surface area contributed by atoms with Crippen molar-refractivity contribution in [2.45, 2.75) is 47.3 Å². The number of methoxy groups -OCH3 is 1. The molecule has 2 fully saturated rings. The molecule has 1 aromatic rings. The fourth-order valence-corrected chi connectivity index (χ4v) is 8.62. The molecule has 0 radical (unpaired) electrons. The van der Waals surface area contributed by atoms with E-state index in [2.05, 4.69) is 83.1 Å². The molecule has 1 spiro atoms. The molecule has 7 heteroatoms. The van der Waals surface area contributed by atoms with Crippen LogP contribution in [0.5, 0.6) is 0 Å². The van der Waals surface area contributed by atoms with Gasteiger partial charge in [0, 0.05) is 43.5 Å². The molecule has 0 aromatic heterocycles. The molecule has 0 bridgehead atoms. The summed E-state index contributed by atoms with van der Waals surface area (Å²) in [4.78, 5) is 16.3. The Bertz CT molecular complexity index is 904. The maximum Gasteiger partial charge on any atom is 0.335 e. The van der Waals surface area contributed by atoms with Crippen LogP contribution >= 0.6 is 47.8 Å². The molecule has 0 unspecified atom stereocenters. The number of rotatable bonds is 2. The number of carbonyl (C=O) groups excluding carboxylic acids is 1. The van der Waals surface area contributed by atoms with Crippen molar-refractivity contribution >= 4 is 59.4 Å². The fraction of sp³-hybridized carbons (Fsp3) is 0.571. The van der Waals surface area contributed by atoms with Crippen molar-refractivity contribution in [2.24, 2.45) is 5.41 Å². The monoisotopic (exact) mass is 572 g/mol. The number of carbonyl (C=O) groups is 1. The van der Waals surface area contributed by atoms with Gasteiger partial charge in [0.05, 0.1) is 18.1 Å². The van der Waals surface area contributed by atoms with Crippen LogP contribution in [0.2, 0.25) is 0 Å². The number of ether oxygens (including phenoxy) is 1. The second-order valence-electron chi connectivity index (χ2n) is 8.46. The van der Waals surface area contributed by atoms with E-state index in [1.807, 2.05) is 0 Å². The summed E-state index contributed by atoms with van der Waals surface area (Å²) in [5, 5.41) is 3.65. The molecule has 1 aromatic carbocycles. The van der Waals surface area contributed by atoms with Crippen molar-refractivity contribution in [3.63, 3.8) is 0 Å². The van der Waals surface area contributed by atoms with Crippen LogP contribution in [-0.4, -0.2) is 46.8 Å². The van der Waals surface area contributed by atoms with Gasteiger partial charge in [0.25, 0.3) is 0 Å². The topological polar surface area (TPSA) is 41.6 Å². The van der Waals surface area contributed by atoms with Crippen LogP contribution in [0, 0.1) is 5.41 Å². The Labute approximate surface area is 190 Å². The zero-order chi connectivity index (χ0) is 19.8. The molecule has 4 aliphatic rings. The third kappa shape index (κ3) is 2.28. The van der Waals surface area contributed by atoms with Crippen molar-refractivity contribution in [1.82, 2.24) is 4.90 Å². The average Bonchev–Trinajstić information content (AvgIpc) is 3.23. The number of esters is 1. The van der Waals surface area contributed by atoms with E-state index < -0.39 is 0 Å². The number of benzene rings is 1. The molecule has 3 aliphatic heterocycles. The van der Waals surface area contributed by atoms with E-state index in [1.165, 1.54) is 12.7 Å². The molecule has 5 rings (SSSR count). The molecular weight excluding hydrogens is 552 g/mol. The summed E-state index contributed by atoms with van der Waals surface area (Å²) in [6.07, 6.45) is 2.75. The number of nitrogens with zero attached hydrogens (tertiary/aromatic N) is 1. The van der Waals surface area contributed by atoms with Crippen LogP contribution < -0.4 is 5.32 Å². The molecule has 150 valence electrons. The predicted octanol–water partition coefficient (Wildman–Crippen LogP) is 4.95. The Morgan fingerprint density at radius 3 is 2.89 bits per heavy atom. The molecule has 1 aliphatic carbocycles. The Morgan fingerprint density at radius 2 is 2.18 bits per heavy atom. The van der Waals surface area contributed by atoms with Gasteiger partial charge in [-0.2, -0.15) is 0 Å². The minimum atomic E-state index is -0.199. The second-order valence-corrected chi connectivity index (χ2v) is 11.5. The van der Waals surface area contributed by atoms with Gasteiger partial charge < -0.3 is 10.1 Å². The lowest BCUT2D eigenvalue weighted by atomic mass is 9.53. The van der Waals surface area contributed by atoms with Crippen LogP contribution in [0.1, 0.15) is 31.7 Å². The smallest absolute Gasteiger partial charge is 0.335 e. The summed E-state index contributed by atoms with van der Waals surface area (Å²) in [7, 11) is 1.49. The maximum atomic E-state index is 13.0. The third-order valence-corrected chi connectivity index (χ3v) is 11.1. The number of hydrogen-bond acceptors (Lipinski definition) is 4. The maximum absolute atomic E-state index is 13.0. The van der Waals surface area contributed by atoms with Crippen molar-refractivity contribution in [2.75, 3.05) is 25.5 Å². The van der Waals surface area contributed by atoms with E-state index in [-0.39, 0.29) is 16.8 Å². The minimum absolute atomic E-state index is 0.0401. The Hall–Kier alpha value is -0.370. The zero-order valence-electron chi connectivity index (χ0n) is 15.9. The third-order valence-electron chi connectivity index (χ3n) is 7.51. The SMILES string of the molecule is CC[C@@]12CC(C(=O)OC)=C3Nc4ccc(Br)cc4[C@@]34CCN(C[C@H](Br)[C@H]1Br)[C@@H]24. The number of alkyl halides is 2. The molecule has 4 nitrogen and oxygen atoms in total. The van der Waals surface area contributed by atoms with Crippen molar-refractivity contribution in [1.29, 1.82) is 0 Å². The van der Waals surface area contributed by atoms with Gasteiger partial charge in [0.2, 0.25) is 0 Å². The summed E-state index contributed by atoms with van der Waals surface area (Å²) in [5.74, 6) is -0.199. The second kappa shape index (κ2) is 6.56. The number of piperidine rings is 1. The minimum Gasteiger partial charge on any atom is -0.466 e. The first-order chi connectivity index (χ1) is 13.4. The fourth-order valence-electron chi connectivity index (χ4n) is 6.46. The predicted molar refractivity (Wildman–Crippen MR) is 121 cm³/mol. The van der Waals surface area contributed by atoms with Gasteiger partial charge in [0.1, 0.15) is 0 Å². The summed E-state index contributed by atoms with van der Waals surface area (Å²) in [6, 6.07) is 6.81. The van der Waals surface area contributed by atoms with Crippen LogP contribution in [0.25, 0.3) is 0 Å². The normalized spacial score (nSPS) is 38.5. The van der Waals surface area contributed by atoms with Crippen molar-refractivity contribution < 1.29 is 9.53 Å². The van der Waals surface area contributed by atoms with Crippen LogP contribution in [0.3, 0.4) is 0 Å². The highest BCUT2D eigenvalue weighted by Crippen LogP contribution is 2.66. The molecule has 1 N–H and O–H groups in total. The number of anilines is 1. The standard InChI is InChI=1S/C21H23Br3N2O2/c1-3-20-9-12(18(27)28-2)17-21(13-8-11(22)4-5-15(13)25-17)6-7-26(19(20)21)10-14(23)16(20)24/h4-5,8,14,16,19,25H,3,6-7,9-10H2,1-2H3/t14-,16+,19-,20+,21-/m0/s1. The van der Waals surface area contributed by atoms with Crippen LogP contribution in [-0.2, 0) is 14.9 Å². The Balaban J connectivity index is 1.83. The van der Waals surface area contributed by atoms with Crippen molar-refractivity contribution in [3.05, 3.63) is 39.5 Å². The first-order valence-electron chi connectivity index (χ1n) is 9.80. The number of halogens is 3. The van der Waals surface area contributed by atoms with Gasteiger partial charge in [-0.25, -0.2) is 4.79 Å². The largest absolute Gasteiger partial charge is 0.466 e. The zero-order valence-corrected chi connectivity index (χ0v) is 20.7. The first-order valence-corrected chi connectivity index (χ1v) is 12.4. The molecule has 0 amide bonds. The van der Waals surface area contributed by atoms with E-state index >= 15 is 0 Å². The molecule has 5 atom stereocenters. The van der Waals surface area contributed by atoms with E-state index in [1.54, 1.807) is 0 Å². The van der Waals surface area contributed by atoms with E-state index in [4.69, 9.17) is 4.74 Å². The van der Waals surface area contributed by atoms with Gasteiger partial charge >= 0.3 is 5.97 Å². The quantitative estimate of drug-likeness (QED) is 0.401. The highest BCUT2D eigenvalue weighted by atomic mass is 79.9. The lowest BCUT2D eigenvalue weighted by molar-refractivity contribution is -0.137.